The average molecular weight is 340 g/mol. The Morgan fingerprint density at radius 3 is 1.88 bits per heavy atom. The Bertz CT molecular complexity index is 956. The van der Waals surface area contributed by atoms with Crippen molar-refractivity contribution in [3.8, 4) is 0 Å². The van der Waals surface area contributed by atoms with Gasteiger partial charge in [-0.15, -0.1) is 0 Å². The van der Waals surface area contributed by atoms with Gasteiger partial charge in [-0.1, -0.05) is 70.8 Å². The molecule has 2 aromatic rings. The quantitative estimate of drug-likeness (QED) is 0.544. The topological polar surface area (TPSA) is 0 Å². The van der Waals surface area contributed by atoms with Crippen molar-refractivity contribution in [2.24, 2.45) is 0 Å². The van der Waals surface area contributed by atoms with Crippen molar-refractivity contribution in [1.82, 2.24) is 0 Å². The van der Waals surface area contributed by atoms with E-state index >= 15 is 0 Å². The molecule has 26 heavy (non-hydrogen) atoms. The summed E-state index contributed by atoms with van der Waals surface area (Å²) < 4.78 is 0. The van der Waals surface area contributed by atoms with E-state index in [0.29, 0.717) is 5.92 Å². The second kappa shape index (κ2) is 6.13. The highest BCUT2D eigenvalue weighted by Crippen LogP contribution is 2.55. The van der Waals surface area contributed by atoms with Crippen LogP contribution in [0.3, 0.4) is 0 Å². The summed E-state index contributed by atoms with van der Waals surface area (Å²) in [5, 5.41) is 0. The molecule has 0 saturated carbocycles. The Labute approximate surface area is 158 Å². The van der Waals surface area contributed by atoms with Crippen molar-refractivity contribution in [3.05, 3.63) is 105 Å². The molecule has 0 bridgehead atoms. The molecule has 0 heterocycles. The SMILES string of the molecule is CC1=C(C)C(C)=C(C)[C]1C1C(C)=C(c2ccccc2)c2ccc(C)cc21. The van der Waals surface area contributed by atoms with Gasteiger partial charge in [-0.2, -0.15) is 0 Å². The third-order valence-electron chi connectivity index (χ3n) is 6.46. The average Bonchev–Trinajstić information content (AvgIpc) is 3.01. The monoisotopic (exact) mass is 339 g/mol. The van der Waals surface area contributed by atoms with Crippen molar-refractivity contribution in [2.75, 3.05) is 0 Å². The van der Waals surface area contributed by atoms with Crippen LogP contribution in [-0.4, -0.2) is 0 Å². The minimum Gasteiger partial charge on any atom is -0.0622 e. The number of hydrogen-bond acceptors (Lipinski definition) is 0. The minimum absolute atomic E-state index is 0.368. The van der Waals surface area contributed by atoms with Crippen molar-refractivity contribution in [2.45, 2.75) is 47.5 Å². The molecule has 0 fully saturated rings. The largest absolute Gasteiger partial charge is 0.0622 e. The molecule has 0 spiro atoms. The zero-order chi connectivity index (χ0) is 18.6. The van der Waals surface area contributed by atoms with Gasteiger partial charge in [0.25, 0.3) is 0 Å². The molecule has 2 aromatic carbocycles. The summed E-state index contributed by atoms with van der Waals surface area (Å²) in [5.41, 5.74) is 14.3. The molecule has 1 unspecified atom stereocenters. The molecule has 0 aliphatic heterocycles. The summed E-state index contributed by atoms with van der Waals surface area (Å²) >= 11 is 0. The standard InChI is InChI=1S/C26H27/c1-15-12-13-22-23(14-15)26(24-18(4)16(2)17(3)19(24)5)20(6)25(22)21-10-8-7-9-11-21/h7-14,26H,1-6H3. The molecule has 0 aromatic heterocycles. The fourth-order valence-corrected chi connectivity index (χ4v) is 4.78. The van der Waals surface area contributed by atoms with Gasteiger partial charge >= 0.3 is 0 Å². The van der Waals surface area contributed by atoms with Gasteiger partial charge in [0.05, 0.1) is 0 Å². The van der Waals surface area contributed by atoms with Gasteiger partial charge in [0.15, 0.2) is 0 Å². The van der Waals surface area contributed by atoms with Crippen LogP contribution in [0.1, 0.15) is 62.8 Å². The molecule has 4 rings (SSSR count). The highest BCUT2D eigenvalue weighted by molar-refractivity contribution is 5.90. The summed E-state index contributed by atoms with van der Waals surface area (Å²) in [4.78, 5) is 0. The van der Waals surface area contributed by atoms with E-state index in [0.717, 1.165) is 0 Å². The Balaban J connectivity index is 1.97. The summed E-state index contributed by atoms with van der Waals surface area (Å²) in [6.45, 7) is 13.7. The first kappa shape index (κ1) is 17.1. The van der Waals surface area contributed by atoms with E-state index in [1.165, 1.54) is 61.6 Å². The molecular weight excluding hydrogens is 312 g/mol. The maximum absolute atomic E-state index is 2.40. The number of allylic oxidation sites excluding steroid dienone is 5. The van der Waals surface area contributed by atoms with Crippen LogP contribution in [0.5, 0.6) is 0 Å². The second-order valence-corrected chi connectivity index (χ2v) is 7.86. The van der Waals surface area contributed by atoms with Gasteiger partial charge in [0.2, 0.25) is 0 Å². The number of benzene rings is 2. The lowest BCUT2D eigenvalue weighted by Crippen LogP contribution is -2.11. The number of aryl methyl sites for hydroxylation is 1. The zero-order valence-electron chi connectivity index (χ0n) is 16.7. The fraction of sp³-hybridized carbons (Fsp3) is 0.269. The first-order valence-corrected chi connectivity index (χ1v) is 9.51. The number of rotatable bonds is 2. The molecule has 2 aliphatic rings. The highest BCUT2D eigenvalue weighted by atomic mass is 14.4. The molecule has 131 valence electrons. The van der Waals surface area contributed by atoms with Gasteiger partial charge in [-0.25, -0.2) is 0 Å². The molecular formula is C26H27. The molecule has 0 amide bonds. The number of hydrogen-bond donors (Lipinski definition) is 0. The molecule has 2 aliphatic carbocycles. The van der Waals surface area contributed by atoms with E-state index < -0.39 is 0 Å². The maximum Gasteiger partial charge on any atom is 0.0373 e. The van der Waals surface area contributed by atoms with E-state index in [4.69, 9.17) is 0 Å². The van der Waals surface area contributed by atoms with Crippen LogP contribution in [-0.2, 0) is 0 Å². The van der Waals surface area contributed by atoms with Crippen LogP contribution in [0.4, 0.5) is 0 Å². The fourth-order valence-electron chi connectivity index (χ4n) is 4.78. The van der Waals surface area contributed by atoms with Crippen molar-refractivity contribution in [3.63, 3.8) is 0 Å². The molecule has 0 saturated heterocycles. The van der Waals surface area contributed by atoms with Crippen molar-refractivity contribution >= 4 is 5.57 Å². The summed E-state index contributed by atoms with van der Waals surface area (Å²) in [5.74, 6) is 1.89. The molecule has 1 atom stereocenters. The van der Waals surface area contributed by atoms with Gasteiger partial charge < -0.3 is 0 Å². The van der Waals surface area contributed by atoms with Crippen LogP contribution in [0.25, 0.3) is 5.57 Å². The summed E-state index contributed by atoms with van der Waals surface area (Å²) in [6.07, 6.45) is 0. The normalized spacial score (nSPS) is 20.5. The Morgan fingerprint density at radius 1 is 0.654 bits per heavy atom. The molecule has 0 nitrogen and oxygen atoms in total. The van der Waals surface area contributed by atoms with Gasteiger partial charge in [-0.05, 0) is 75.0 Å². The van der Waals surface area contributed by atoms with Crippen molar-refractivity contribution in [1.29, 1.82) is 0 Å². The zero-order valence-corrected chi connectivity index (χ0v) is 16.7. The van der Waals surface area contributed by atoms with E-state index in [1.54, 1.807) is 0 Å². The third kappa shape index (κ3) is 2.35. The molecule has 0 heteroatoms. The Morgan fingerprint density at radius 2 is 1.27 bits per heavy atom. The number of fused-ring (bicyclic) bond motifs is 1. The van der Waals surface area contributed by atoms with Crippen molar-refractivity contribution < 1.29 is 0 Å². The third-order valence-corrected chi connectivity index (χ3v) is 6.46. The lowest BCUT2D eigenvalue weighted by molar-refractivity contribution is 0.850. The van der Waals surface area contributed by atoms with E-state index in [9.17, 15) is 0 Å². The molecule has 0 N–H and O–H groups in total. The Hall–Kier alpha value is -2.34. The lowest BCUT2D eigenvalue weighted by atomic mass is 9.77. The van der Waals surface area contributed by atoms with Crippen LogP contribution >= 0.6 is 0 Å². The molecule has 1 radical (unpaired) electrons. The van der Waals surface area contributed by atoms with E-state index in [2.05, 4.69) is 90.1 Å². The minimum atomic E-state index is 0.368. The van der Waals surface area contributed by atoms with Gasteiger partial charge in [0, 0.05) is 11.8 Å². The second-order valence-electron chi connectivity index (χ2n) is 7.86. The first-order chi connectivity index (χ1) is 12.4. The van der Waals surface area contributed by atoms with Crippen LogP contribution < -0.4 is 0 Å². The van der Waals surface area contributed by atoms with Crippen LogP contribution in [0, 0.1) is 12.8 Å². The van der Waals surface area contributed by atoms with Gasteiger partial charge in [-0.3, -0.25) is 0 Å². The highest BCUT2D eigenvalue weighted by Gasteiger charge is 2.39. The van der Waals surface area contributed by atoms with Crippen LogP contribution in [0.2, 0.25) is 0 Å². The summed E-state index contributed by atoms with van der Waals surface area (Å²) in [7, 11) is 0. The van der Waals surface area contributed by atoms with E-state index in [-0.39, 0.29) is 0 Å². The predicted octanol–water partition coefficient (Wildman–Crippen LogP) is 7.17. The predicted molar refractivity (Wildman–Crippen MR) is 112 cm³/mol. The summed E-state index contributed by atoms with van der Waals surface area (Å²) in [6, 6.07) is 17.8. The van der Waals surface area contributed by atoms with Crippen LogP contribution in [0.15, 0.2) is 76.4 Å². The maximum atomic E-state index is 2.40. The van der Waals surface area contributed by atoms with E-state index in [1.807, 2.05) is 0 Å². The lowest BCUT2D eigenvalue weighted by Gasteiger charge is -2.25. The van der Waals surface area contributed by atoms with Gasteiger partial charge in [0.1, 0.15) is 0 Å². The Kier molecular flexibility index (Phi) is 4.03. The smallest absolute Gasteiger partial charge is 0.0373 e. The first-order valence-electron chi connectivity index (χ1n) is 9.51.